The lowest BCUT2D eigenvalue weighted by molar-refractivity contribution is 0.102. The fourth-order valence-electron chi connectivity index (χ4n) is 1.70. The lowest BCUT2D eigenvalue weighted by Gasteiger charge is -2.11. The smallest absolute Gasteiger partial charge is 0.0576 e. The van der Waals surface area contributed by atoms with Gasteiger partial charge in [-0.1, -0.05) is 13.3 Å². The fraction of sp³-hybridized carbons (Fsp3) is 1.00. The summed E-state index contributed by atoms with van der Waals surface area (Å²) in [4.78, 5) is 0. The van der Waals surface area contributed by atoms with Crippen molar-refractivity contribution in [1.29, 1.82) is 0 Å². The Bertz CT molecular complexity index is 110. The summed E-state index contributed by atoms with van der Waals surface area (Å²) in [7, 11) is 0. The van der Waals surface area contributed by atoms with Crippen LogP contribution < -0.4 is 0 Å². The molecule has 2 unspecified atom stereocenters. The van der Waals surface area contributed by atoms with Crippen molar-refractivity contribution in [2.45, 2.75) is 56.9 Å². The van der Waals surface area contributed by atoms with E-state index in [2.05, 4.69) is 6.92 Å². The monoisotopic (exact) mass is 190 g/mol. The highest BCUT2D eigenvalue weighted by atomic mass is 35.5. The van der Waals surface area contributed by atoms with Crippen molar-refractivity contribution in [3.8, 4) is 0 Å². The Hall–Kier alpha value is 0.250. The van der Waals surface area contributed by atoms with Crippen LogP contribution in [0, 0.1) is 0 Å². The lowest BCUT2D eigenvalue weighted by atomic mass is 10.1. The third-order valence-corrected chi connectivity index (χ3v) is 2.86. The van der Waals surface area contributed by atoms with Gasteiger partial charge in [-0.15, -0.1) is 11.6 Å². The number of rotatable bonds is 5. The van der Waals surface area contributed by atoms with E-state index in [0.717, 1.165) is 25.9 Å². The molecule has 0 spiro atoms. The molecule has 0 aromatic rings. The molecule has 0 aromatic carbocycles. The summed E-state index contributed by atoms with van der Waals surface area (Å²) in [6, 6.07) is 0. The normalized spacial score (nSPS) is 26.0. The van der Waals surface area contributed by atoms with E-state index in [0.29, 0.717) is 11.5 Å². The van der Waals surface area contributed by atoms with Crippen LogP contribution >= 0.6 is 11.6 Å². The Morgan fingerprint density at radius 3 is 2.92 bits per heavy atom. The Morgan fingerprint density at radius 1 is 1.50 bits per heavy atom. The topological polar surface area (TPSA) is 9.23 Å². The van der Waals surface area contributed by atoms with Gasteiger partial charge in [-0.05, 0) is 32.1 Å². The van der Waals surface area contributed by atoms with E-state index in [9.17, 15) is 0 Å². The highest BCUT2D eigenvalue weighted by molar-refractivity contribution is 6.20. The molecular weight excluding hydrogens is 172 g/mol. The van der Waals surface area contributed by atoms with Gasteiger partial charge >= 0.3 is 0 Å². The van der Waals surface area contributed by atoms with Crippen molar-refractivity contribution >= 4 is 11.6 Å². The first-order valence-electron chi connectivity index (χ1n) is 5.08. The summed E-state index contributed by atoms with van der Waals surface area (Å²) < 4.78 is 5.52. The Labute approximate surface area is 80.4 Å². The van der Waals surface area contributed by atoms with Crippen LogP contribution in [-0.4, -0.2) is 18.1 Å². The predicted octanol–water partition coefficient (Wildman–Crippen LogP) is 3.35. The summed E-state index contributed by atoms with van der Waals surface area (Å²) >= 11 is 6.10. The van der Waals surface area contributed by atoms with Gasteiger partial charge < -0.3 is 4.74 Å². The van der Waals surface area contributed by atoms with E-state index < -0.39 is 0 Å². The highest BCUT2D eigenvalue weighted by Gasteiger charge is 2.16. The first-order valence-corrected chi connectivity index (χ1v) is 5.52. The molecule has 1 nitrogen and oxygen atoms in total. The number of alkyl halides is 1. The second-order valence-electron chi connectivity index (χ2n) is 3.60. The van der Waals surface area contributed by atoms with Crippen LogP contribution in [0.5, 0.6) is 0 Å². The van der Waals surface area contributed by atoms with Crippen molar-refractivity contribution in [3.05, 3.63) is 0 Å². The summed E-state index contributed by atoms with van der Waals surface area (Å²) in [5.74, 6) is 0. The molecule has 12 heavy (non-hydrogen) atoms. The molecule has 1 rings (SSSR count). The molecule has 0 bridgehead atoms. The first-order chi connectivity index (χ1) is 5.83. The summed E-state index contributed by atoms with van der Waals surface area (Å²) in [5, 5.41) is 0.374. The van der Waals surface area contributed by atoms with Gasteiger partial charge in [-0.2, -0.15) is 0 Å². The average Bonchev–Trinajstić information content (AvgIpc) is 2.53. The zero-order valence-corrected chi connectivity index (χ0v) is 8.65. The van der Waals surface area contributed by atoms with Crippen molar-refractivity contribution in [3.63, 3.8) is 0 Å². The summed E-state index contributed by atoms with van der Waals surface area (Å²) in [5.41, 5.74) is 0. The van der Waals surface area contributed by atoms with Crippen LogP contribution in [-0.2, 0) is 4.74 Å². The second-order valence-corrected chi connectivity index (χ2v) is 4.22. The molecular formula is C10H19ClO. The third-order valence-electron chi connectivity index (χ3n) is 2.43. The van der Waals surface area contributed by atoms with Gasteiger partial charge in [0.2, 0.25) is 0 Å². The first kappa shape index (κ1) is 10.3. The van der Waals surface area contributed by atoms with E-state index in [1.165, 1.54) is 19.3 Å². The van der Waals surface area contributed by atoms with Crippen LogP contribution in [0.3, 0.4) is 0 Å². The van der Waals surface area contributed by atoms with Gasteiger partial charge in [0.05, 0.1) is 6.10 Å². The SMILES string of the molecule is CCCC(Cl)CCC1CCCO1. The standard InChI is InChI=1S/C10H19ClO/c1-2-4-9(11)6-7-10-5-3-8-12-10/h9-10H,2-8H2,1H3. The molecule has 0 aromatic heterocycles. The zero-order valence-electron chi connectivity index (χ0n) is 7.89. The molecule has 1 aliphatic heterocycles. The number of halogens is 1. The van der Waals surface area contributed by atoms with Gasteiger partial charge in [0.1, 0.15) is 0 Å². The maximum absolute atomic E-state index is 6.10. The van der Waals surface area contributed by atoms with E-state index in [4.69, 9.17) is 16.3 Å². The summed E-state index contributed by atoms with van der Waals surface area (Å²) in [6.07, 6.45) is 7.63. The van der Waals surface area contributed by atoms with E-state index >= 15 is 0 Å². The average molecular weight is 191 g/mol. The number of hydrogen-bond acceptors (Lipinski definition) is 1. The molecule has 0 amide bonds. The molecule has 1 fully saturated rings. The van der Waals surface area contributed by atoms with E-state index in [-0.39, 0.29) is 0 Å². The molecule has 0 radical (unpaired) electrons. The van der Waals surface area contributed by atoms with Crippen LogP contribution in [0.1, 0.15) is 45.4 Å². The van der Waals surface area contributed by atoms with Crippen molar-refractivity contribution in [2.75, 3.05) is 6.61 Å². The molecule has 0 aliphatic carbocycles. The zero-order chi connectivity index (χ0) is 8.81. The second kappa shape index (κ2) is 5.82. The predicted molar refractivity (Wildman–Crippen MR) is 52.8 cm³/mol. The van der Waals surface area contributed by atoms with Crippen molar-refractivity contribution in [2.24, 2.45) is 0 Å². The largest absolute Gasteiger partial charge is 0.378 e. The molecule has 72 valence electrons. The molecule has 2 atom stereocenters. The van der Waals surface area contributed by atoms with Crippen molar-refractivity contribution in [1.82, 2.24) is 0 Å². The van der Waals surface area contributed by atoms with Crippen LogP contribution in [0.4, 0.5) is 0 Å². The van der Waals surface area contributed by atoms with Crippen LogP contribution in [0.2, 0.25) is 0 Å². The minimum absolute atomic E-state index is 0.374. The molecule has 1 aliphatic rings. The fourth-order valence-corrected chi connectivity index (χ4v) is 2.04. The minimum Gasteiger partial charge on any atom is -0.378 e. The van der Waals surface area contributed by atoms with Crippen molar-refractivity contribution < 1.29 is 4.74 Å². The third kappa shape index (κ3) is 3.77. The van der Waals surface area contributed by atoms with E-state index in [1.807, 2.05) is 0 Å². The van der Waals surface area contributed by atoms with Crippen LogP contribution in [0.15, 0.2) is 0 Å². The maximum atomic E-state index is 6.10. The van der Waals surface area contributed by atoms with Gasteiger partial charge in [0.15, 0.2) is 0 Å². The molecule has 0 N–H and O–H groups in total. The van der Waals surface area contributed by atoms with E-state index in [1.54, 1.807) is 0 Å². The highest BCUT2D eigenvalue weighted by Crippen LogP contribution is 2.20. The lowest BCUT2D eigenvalue weighted by Crippen LogP contribution is -2.08. The molecule has 2 heteroatoms. The maximum Gasteiger partial charge on any atom is 0.0576 e. The molecule has 0 saturated carbocycles. The van der Waals surface area contributed by atoms with Gasteiger partial charge in [-0.3, -0.25) is 0 Å². The number of hydrogen-bond donors (Lipinski definition) is 0. The summed E-state index contributed by atoms with van der Waals surface area (Å²) in [6.45, 7) is 3.15. The van der Waals surface area contributed by atoms with Gasteiger partial charge in [0.25, 0.3) is 0 Å². The molecule has 1 saturated heterocycles. The minimum atomic E-state index is 0.374. The molecule has 1 heterocycles. The Morgan fingerprint density at radius 2 is 2.33 bits per heavy atom. The quantitative estimate of drug-likeness (QED) is 0.605. The Kier molecular flexibility index (Phi) is 5.01. The Balaban J connectivity index is 1.99. The van der Waals surface area contributed by atoms with Gasteiger partial charge in [0, 0.05) is 12.0 Å². The van der Waals surface area contributed by atoms with Gasteiger partial charge in [-0.25, -0.2) is 0 Å². The van der Waals surface area contributed by atoms with Crippen LogP contribution in [0.25, 0.3) is 0 Å². The number of ether oxygens (including phenoxy) is 1.